The molecule has 0 aliphatic heterocycles. The van der Waals surface area contributed by atoms with E-state index in [1.54, 1.807) is 18.2 Å². The highest BCUT2D eigenvalue weighted by atomic mass is 16.1. The van der Waals surface area contributed by atoms with Crippen molar-refractivity contribution in [1.82, 2.24) is 0 Å². The summed E-state index contributed by atoms with van der Waals surface area (Å²) in [7, 11) is 0. The van der Waals surface area contributed by atoms with Gasteiger partial charge in [-0.3, -0.25) is 4.79 Å². The van der Waals surface area contributed by atoms with Gasteiger partial charge in [0.15, 0.2) is 0 Å². The Kier molecular flexibility index (Phi) is 5.86. The third-order valence-corrected chi connectivity index (χ3v) is 3.55. The molecule has 5 N–H and O–H groups in total. The molecule has 4 heteroatoms. The van der Waals surface area contributed by atoms with E-state index in [1.807, 2.05) is 0 Å². The number of benzene rings is 1. The molecular weight excluding hydrogens is 250 g/mol. The zero-order valence-corrected chi connectivity index (χ0v) is 12.8. The van der Waals surface area contributed by atoms with Crippen LogP contribution in [0.2, 0.25) is 0 Å². The average Bonchev–Trinajstić information content (AvgIpc) is 2.37. The lowest BCUT2D eigenvalue weighted by atomic mass is 9.87. The van der Waals surface area contributed by atoms with Crippen LogP contribution in [0.4, 0.5) is 11.4 Å². The summed E-state index contributed by atoms with van der Waals surface area (Å²) in [5.41, 5.74) is 13.3. The van der Waals surface area contributed by atoms with E-state index in [4.69, 9.17) is 11.5 Å². The molecule has 0 aliphatic carbocycles. The van der Waals surface area contributed by atoms with Crippen molar-refractivity contribution >= 4 is 17.3 Å². The maximum atomic E-state index is 11.2. The third-order valence-electron chi connectivity index (χ3n) is 3.55. The number of nitrogens with two attached hydrogens (primary N) is 2. The molecule has 1 aromatic rings. The summed E-state index contributed by atoms with van der Waals surface area (Å²) in [6.07, 6.45) is 4.91. The quantitative estimate of drug-likeness (QED) is 0.503. The second kappa shape index (κ2) is 7.17. The summed E-state index contributed by atoms with van der Waals surface area (Å²) in [6, 6.07) is 5.08. The second-order valence-corrected chi connectivity index (χ2v) is 6.14. The Hall–Kier alpha value is -1.71. The van der Waals surface area contributed by atoms with E-state index < -0.39 is 5.91 Å². The van der Waals surface area contributed by atoms with Gasteiger partial charge in [-0.2, -0.15) is 0 Å². The molecule has 20 heavy (non-hydrogen) atoms. The zero-order chi connectivity index (χ0) is 15.2. The molecule has 0 saturated carbocycles. The molecule has 0 fully saturated rings. The fraction of sp³-hybridized carbons (Fsp3) is 0.562. The predicted molar refractivity (Wildman–Crippen MR) is 85.8 cm³/mol. The van der Waals surface area contributed by atoms with Crippen LogP contribution in [0.1, 0.15) is 56.8 Å². The smallest absolute Gasteiger partial charge is 0.248 e. The van der Waals surface area contributed by atoms with Crippen LogP contribution in [0, 0.1) is 5.41 Å². The first kappa shape index (κ1) is 16.3. The van der Waals surface area contributed by atoms with Crippen LogP contribution in [-0.4, -0.2) is 12.5 Å². The number of carbonyl (C=O) groups is 1. The molecule has 0 unspecified atom stereocenters. The Morgan fingerprint density at radius 2 is 2.00 bits per heavy atom. The summed E-state index contributed by atoms with van der Waals surface area (Å²) in [5, 5.41) is 3.34. The van der Waals surface area contributed by atoms with Gasteiger partial charge in [-0.15, -0.1) is 0 Å². The second-order valence-electron chi connectivity index (χ2n) is 6.14. The number of nitrogens with one attached hydrogen (secondary N) is 1. The molecule has 0 aromatic heterocycles. The van der Waals surface area contributed by atoms with Gasteiger partial charge in [-0.1, -0.05) is 40.0 Å². The molecule has 1 amide bonds. The topological polar surface area (TPSA) is 81.1 Å². The van der Waals surface area contributed by atoms with E-state index in [-0.39, 0.29) is 5.41 Å². The lowest BCUT2D eigenvalue weighted by Crippen LogP contribution is -2.23. The van der Waals surface area contributed by atoms with Crippen LogP contribution >= 0.6 is 0 Å². The Balaban J connectivity index is 2.64. The molecule has 0 atom stereocenters. The highest BCUT2D eigenvalue weighted by molar-refractivity contribution is 5.94. The van der Waals surface area contributed by atoms with E-state index in [9.17, 15) is 4.79 Å². The average molecular weight is 277 g/mol. The van der Waals surface area contributed by atoms with Crippen LogP contribution in [-0.2, 0) is 0 Å². The van der Waals surface area contributed by atoms with Crippen molar-refractivity contribution in [3.8, 4) is 0 Å². The van der Waals surface area contributed by atoms with Crippen molar-refractivity contribution in [2.24, 2.45) is 11.1 Å². The number of hydrogen-bond acceptors (Lipinski definition) is 3. The highest BCUT2D eigenvalue weighted by Gasteiger charge is 2.17. The maximum Gasteiger partial charge on any atom is 0.248 e. The minimum atomic E-state index is -0.435. The van der Waals surface area contributed by atoms with Gasteiger partial charge < -0.3 is 16.8 Å². The normalized spacial score (nSPS) is 11.3. The van der Waals surface area contributed by atoms with Gasteiger partial charge in [-0.05, 0) is 30.0 Å². The first-order chi connectivity index (χ1) is 9.35. The summed E-state index contributed by atoms with van der Waals surface area (Å²) in [5.74, 6) is -0.435. The van der Waals surface area contributed by atoms with Gasteiger partial charge in [0.05, 0.1) is 11.4 Å². The molecule has 1 rings (SSSR count). The Morgan fingerprint density at radius 3 is 2.60 bits per heavy atom. The van der Waals surface area contributed by atoms with Crippen molar-refractivity contribution in [2.75, 3.05) is 17.6 Å². The van der Waals surface area contributed by atoms with Gasteiger partial charge in [0.2, 0.25) is 5.91 Å². The fourth-order valence-corrected chi connectivity index (χ4v) is 2.14. The summed E-state index contributed by atoms with van der Waals surface area (Å²) < 4.78 is 0. The molecule has 0 spiro atoms. The summed E-state index contributed by atoms with van der Waals surface area (Å²) in [6.45, 7) is 7.51. The number of unbranched alkanes of at least 4 members (excludes halogenated alkanes) is 2. The monoisotopic (exact) mass is 277 g/mol. The predicted octanol–water partition coefficient (Wildman–Crippen LogP) is 3.39. The molecule has 0 radical (unpaired) electrons. The van der Waals surface area contributed by atoms with Crippen molar-refractivity contribution in [1.29, 1.82) is 0 Å². The SMILES string of the molecule is CCCCCC(C)(C)CNc1cc(C(N)=O)ccc1N. The zero-order valence-electron chi connectivity index (χ0n) is 12.8. The number of amides is 1. The van der Waals surface area contributed by atoms with E-state index in [0.717, 1.165) is 12.2 Å². The van der Waals surface area contributed by atoms with Crippen LogP contribution < -0.4 is 16.8 Å². The molecule has 0 bridgehead atoms. The molecule has 4 nitrogen and oxygen atoms in total. The minimum absolute atomic E-state index is 0.199. The third kappa shape index (κ3) is 5.11. The number of anilines is 2. The fourth-order valence-electron chi connectivity index (χ4n) is 2.14. The molecule has 1 aromatic carbocycles. The van der Waals surface area contributed by atoms with E-state index in [1.165, 1.54) is 25.7 Å². The number of hydrogen-bond donors (Lipinski definition) is 3. The maximum absolute atomic E-state index is 11.2. The van der Waals surface area contributed by atoms with Crippen LogP contribution in [0.25, 0.3) is 0 Å². The number of nitrogen functional groups attached to an aromatic ring is 1. The number of primary amides is 1. The standard InChI is InChI=1S/C16H27N3O/c1-4-5-6-9-16(2,3)11-19-14-10-12(15(18)20)7-8-13(14)17/h7-8,10,19H,4-6,9,11,17H2,1-3H3,(H2,18,20). The van der Waals surface area contributed by atoms with Gasteiger partial charge in [0.25, 0.3) is 0 Å². The first-order valence-corrected chi connectivity index (χ1v) is 7.29. The van der Waals surface area contributed by atoms with Crippen molar-refractivity contribution in [3.05, 3.63) is 23.8 Å². The molecule has 0 heterocycles. The number of carbonyl (C=O) groups excluding carboxylic acids is 1. The van der Waals surface area contributed by atoms with Crippen LogP contribution in [0.15, 0.2) is 18.2 Å². The Morgan fingerprint density at radius 1 is 1.30 bits per heavy atom. The molecule has 0 aliphatic rings. The van der Waals surface area contributed by atoms with Gasteiger partial charge in [-0.25, -0.2) is 0 Å². The van der Waals surface area contributed by atoms with Gasteiger partial charge in [0.1, 0.15) is 0 Å². The van der Waals surface area contributed by atoms with Crippen molar-refractivity contribution in [3.63, 3.8) is 0 Å². The van der Waals surface area contributed by atoms with Crippen molar-refractivity contribution < 1.29 is 4.79 Å². The van der Waals surface area contributed by atoms with Crippen molar-refractivity contribution in [2.45, 2.75) is 46.5 Å². The van der Waals surface area contributed by atoms with Gasteiger partial charge >= 0.3 is 0 Å². The van der Waals surface area contributed by atoms with Crippen LogP contribution in [0.5, 0.6) is 0 Å². The lowest BCUT2D eigenvalue weighted by Gasteiger charge is -2.26. The molecule has 0 saturated heterocycles. The highest BCUT2D eigenvalue weighted by Crippen LogP contribution is 2.26. The summed E-state index contributed by atoms with van der Waals surface area (Å²) >= 11 is 0. The minimum Gasteiger partial charge on any atom is -0.397 e. The summed E-state index contributed by atoms with van der Waals surface area (Å²) in [4.78, 5) is 11.2. The first-order valence-electron chi connectivity index (χ1n) is 7.29. The lowest BCUT2D eigenvalue weighted by molar-refractivity contribution is 0.100. The Labute approximate surface area is 121 Å². The number of rotatable bonds is 8. The van der Waals surface area contributed by atoms with Gasteiger partial charge in [0, 0.05) is 12.1 Å². The van der Waals surface area contributed by atoms with E-state index in [0.29, 0.717) is 11.3 Å². The molecule has 112 valence electrons. The Bertz CT molecular complexity index is 455. The van der Waals surface area contributed by atoms with E-state index >= 15 is 0 Å². The molecular formula is C16H27N3O. The largest absolute Gasteiger partial charge is 0.397 e. The van der Waals surface area contributed by atoms with E-state index in [2.05, 4.69) is 26.1 Å². The van der Waals surface area contributed by atoms with Crippen LogP contribution in [0.3, 0.4) is 0 Å².